The third-order valence-electron chi connectivity index (χ3n) is 6.08. The van der Waals surface area contributed by atoms with Gasteiger partial charge in [0.1, 0.15) is 11.8 Å². The predicted octanol–water partition coefficient (Wildman–Crippen LogP) is 5.19. The molecule has 0 aliphatic carbocycles. The molecular weight excluding hydrogens is 522 g/mol. The maximum atomic E-state index is 13.6. The van der Waals surface area contributed by atoms with Gasteiger partial charge >= 0.3 is 5.69 Å². The lowest BCUT2D eigenvalue weighted by atomic mass is 10.0. The van der Waals surface area contributed by atoms with Crippen molar-refractivity contribution in [3.8, 4) is 11.5 Å². The molecule has 0 aliphatic heterocycles. The summed E-state index contributed by atoms with van der Waals surface area (Å²) in [7, 11) is 1.32. The molecule has 0 radical (unpaired) electrons. The lowest BCUT2D eigenvalue weighted by Crippen LogP contribution is -2.51. The normalized spacial score (nSPS) is 11.4. The van der Waals surface area contributed by atoms with E-state index in [-0.39, 0.29) is 36.2 Å². The Morgan fingerprint density at radius 1 is 1.05 bits per heavy atom. The molecule has 3 rings (SSSR count). The second-order valence-electron chi connectivity index (χ2n) is 8.88. The second-order valence-corrected chi connectivity index (χ2v) is 9.31. The summed E-state index contributed by atoms with van der Waals surface area (Å²) in [5.74, 6) is -0.440. The Morgan fingerprint density at radius 3 is 2.41 bits per heavy atom. The van der Waals surface area contributed by atoms with Gasteiger partial charge in [-0.05, 0) is 35.7 Å². The fourth-order valence-electron chi connectivity index (χ4n) is 3.97. The van der Waals surface area contributed by atoms with Crippen molar-refractivity contribution in [3.05, 3.63) is 99.1 Å². The van der Waals surface area contributed by atoms with Crippen LogP contribution >= 0.6 is 11.6 Å². The average molecular weight is 554 g/mol. The monoisotopic (exact) mass is 553 g/mol. The van der Waals surface area contributed by atoms with E-state index in [1.54, 1.807) is 24.3 Å². The zero-order chi connectivity index (χ0) is 28.2. The zero-order valence-corrected chi connectivity index (χ0v) is 22.7. The first-order valence-electron chi connectivity index (χ1n) is 12.6. The summed E-state index contributed by atoms with van der Waals surface area (Å²) in [5, 5.41) is 14.7. The van der Waals surface area contributed by atoms with Crippen molar-refractivity contribution in [1.82, 2.24) is 10.2 Å². The van der Waals surface area contributed by atoms with Gasteiger partial charge in [-0.2, -0.15) is 0 Å². The zero-order valence-electron chi connectivity index (χ0n) is 22.0. The number of nitrogens with one attached hydrogen (secondary N) is 1. The third-order valence-corrected chi connectivity index (χ3v) is 6.33. The molecule has 206 valence electrons. The highest BCUT2D eigenvalue weighted by molar-refractivity contribution is 6.30. The molecule has 9 nitrogen and oxygen atoms in total. The molecule has 3 aromatic carbocycles. The number of ether oxygens (including phenoxy) is 2. The van der Waals surface area contributed by atoms with E-state index in [1.807, 2.05) is 37.3 Å². The van der Waals surface area contributed by atoms with Crippen LogP contribution in [0.3, 0.4) is 0 Å². The van der Waals surface area contributed by atoms with Crippen LogP contribution in [0.2, 0.25) is 5.02 Å². The van der Waals surface area contributed by atoms with E-state index in [2.05, 4.69) is 5.32 Å². The second kappa shape index (κ2) is 14.7. The van der Waals surface area contributed by atoms with Crippen LogP contribution in [0.25, 0.3) is 0 Å². The number of nitro benzene ring substituents is 1. The van der Waals surface area contributed by atoms with Gasteiger partial charge < -0.3 is 19.7 Å². The summed E-state index contributed by atoms with van der Waals surface area (Å²) in [6, 6.07) is 19.8. The number of methoxy groups -OCH3 is 1. The molecule has 0 spiro atoms. The van der Waals surface area contributed by atoms with Crippen LogP contribution in [0.15, 0.2) is 72.8 Å². The van der Waals surface area contributed by atoms with Crippen LogP contribution < -0.4 is 14.8 Å². The van der Waals surface area contributed by atoms with Crippen LogP contribution in [-0.2, 0) is 22.6 Å². The molecule has 0 bridgehead atoms. The fraction of sp³-hybridized carbons (Fsp3) is 0.310. The molecular formula is C29H32ClN3O6. The number of benzene rings is 3. The van der Waals surface area contributed by atoms with E-state index in [4.69, 9.17) is 21.1 Å². The molecule has 0 aliphatic rings. The number of carbonyl (C=O) groups is 2. The van der Waals surface area contributed by atoms with Gasteiger partial charge in [0.15, 0.2) is 6.61 Å². The molecule has 39 heavy (non-hydrogen) atoms. The van der Waals surface area contributed by atoms with Crippen molar-refractivity contribution in [2.24, 2.45) is 0 Å². The quantitative estimate of drug-likeness (QED) is 0.167. The summed E-state index contributed by atoms with van der Waals surface area (Å²) < 4.78 is 10.8. The van der Waals surface area contributed by atoms with Crippen molar-refractivity contribution < 1.29 is 24.0 Å². The lowest BCUT2D eigenvalue weighted by Gasteiger charge is -2.31. The molecule has 0 saturated heterocycles. The summed E-state index contributed by atoms with van der Waals surface area (Å²) in [6.07, 6.45) is 2.05. The predicted molar refractivity (Wildman–Crippen MR) is 149 cm³/mol. The van der Waals surface area contributed by atoms with Crippen LogP contribution in [0.5, 0.6) is 11.5 Å². The lowest BCUT2D eigenvalue weighted by molar-refractivity contribution is -0.385. The number of halogens is 1. The molecule has 0 aromatic heterocycles. The first-order valence-corrected chi connectivity index (χ1v) is 13.0. The Labute approximate surface area is 232 Å². The number of amides is 2. The highest BCUT2D eigenvalue weighted by Gasteiger charge is 2.30. The topological polar surface area (TPSA) is 111 Å². The van der Waals surface area contributed by atoms with Crippen molar-refractivity contribution in [2.75, 3.05) is 20.3 Å². The van der Waals surface area contributed by atoms with Crippen LogP contribution in [0.1, 0.15) is 30.9 Å². The minimum absolute atomic E-state index is 0.0141. The van der Waals surface area contributed by atoms with Crippen molar-refractivity contribution in [2.45, 2.75) is 38.8 Å². The molecule has 1 unspecified atom stereocenters. The van der Waals surface area contributed by atoms with Gasteiger partial charge in [-0.15, -0.1) is 0 Å². The maximum absolute atomic E-state index is 13.6. The number of nitrogens with zero attached hydrogens (tertiary/aromatic N) is 2. The van der Waals surface area contributed by atoms with E-state index < -0.39 is 16.9 Å². The number of carbonyl (C=O) groups excluding carboxylic acids is 2. The van der Waals surface area contributed by atoms with Crippen LogP contribution in [0, 0.1) is 10.1 Å². The Morgan fingerprint density at radius 2 is 1.77 bits per heavy atom. The van der Waals surface area contributed by atoms with Crippen LogP contribution in [-0.4, -0.2) is 47.9 Å². The molecule has 2 amide bonds. The highest BCUT2D eigenvalue weighted by Crippen LogP contribution is 2.31. The minimum atomic E-state index is -0.803. The molecule has 1 N–H and O–H groups in total. The summed E-state index contributed by atoms with van der Waals surface area (Å²) in [5.41, 5.74) is 1.49. The standard InChI is InChI=1S/C29H32ClN3O6/c1-3-4-16-31-29(35)26(17-21-8-6-5-7-9-21)32(19-22-10-12-23(30)13-11-22)28(34)20-39-24-14-15-25(33(36)37)27(18-24)38-2/h5-15,18,26H,3-4,16-17,19-20H2,1-2H3,(H,31,35). The maximum Gasteiger partial charge on any atom is 0.311 e. The average Bonchev–Trinajstić information content (AvgIpc) is 2.94. The number of hydrogen-bond donors (Lipinski definition) is 1. The fourth-order valence-corrected chi connectivity index (χ4v) is 4.10. The van der Waals surface area contributed by atoms with Crippen molar-refractivity contribution in [1.29, 1.82) is 0 Å². The van der Waals surface area contributed by atoms with Gasteiger partial charge in [0.25, 0.3) is 5.91 Å². The van der Waals surface area contributed by atoms with Crippen LogP contribution in [0.4, 0.5) is 5.69 Å². The minimum Gasteiger partial charge on any atom is -0.490 e. The molecule has 0 fully saturated rings. The SMILES string of the molecule is CCCCNC(=O)C(Cc1ccccc1)N(Cc1ccc(Cl)cc1)C(=O)COc1ccc([N+](=O)[O-])c(OC)c1. The molecule has 0 heterocycles. The largest absolute Gasteiger partial charge is 0.490 e. The van der Waals surface area contributed by atoms with E-state index in [0.717, 1.165) is 24.0 Å². The third kappa shape index (κ3) is 8.71. The number of rotatable bonds is 14. The van der Waals surface area contributed by atoms with E-state index in [0.29, 0.717) is 18.0 Å². The van der Waals surface area contributed by atoms with Gasteiger partial charge in [0, 0.05) is 36.7 Å². The van der Waals surface area contributed by atoms with Gasteiger partial charge in [0.05, 0.1) is 12.0 Å². The first-order chi connectivity index (χ1) is 18.8. The smallest absolute Gasteiger partial charge is 0.311 e. The summed E-state index contributed by atoms with van der Waals surface area (Å²) in [6.45, 7) is 2.31. The van der Waals surface area contributed by atoms with Gasteiger partial charge in [-0.3, -0.25) is 19.7 Å². The Balaban J connectivity index is 1.89. The van der Waals surface area contributed by atoms with Crippen molar-refractivity contribution >= 4 is 29.1 Å². The van der Waals surface area contributed by atoms with Gasteiger partial charge in [0.2, 0.25) is 11.7 Å². The number of nitro groups is 1. The summed E-state index contributed by atoms with van der Waals surface area (Å²) >= 11 is 6.06. The van der Waals surface area contributed by atoms with Gasteiger partial charge in [-0.1, -0.05) is 67.4 Å². The van der Waals surface area contributed by atoms with E-state index in [9.17, 15) is 19.7 Å². The highest BCUT2D eigenvalue weighted by atomic mass is 35.5. The number of unbranched alkanes of at least 4 members (excludes halogenated alkanes) is 1. The first kappa shape index (κ1) is 29.4. The van der Waals surface area contributed by atoms with E-state index >= 15 is 0 Å². The molecule has 3 aromatic rings. The van der Waals surface area contributed by atoms with Crippen molar-refractivity contribution in [3.63, 3.8) is 0 Å². The van der Waals surface area contributed by atoms with E-state index in [1.165, 1.54) is 30.2 Å². The Kier molecular flexibility index (Phi) is 11.1. The summed E-state index contributed by atoms with van der Waals surface area (Å²) in [4.78, 5) is 39.2. The molecule has 0 saturated carbocycles. The number of hydrogen-bond acceptors (Lipinski definition) is 6. The molecule has 1 atom stereocenters. The van der Waals surface area contributed by atoms with Gasteiger partial charge in [-0.25, -0.2) is 0 Å². The Bertz CT molecular complexity index is 1250. The Hall–Kier alpha value is -4.11. The molecule has 10 heteroatoms.